The van der Waals surface area contributed by atoms with Crippen molar-refractivity contribution in [2.45, 2.75) is 30.7 Å². The smallest absolute Gasteiger partial charge is 0.242 e. The molecule has 3 aromatic rings. The van der Waals surface area contributed by atoms with E-state index in [4.69, 9.17) is 4.74 Å². The zero-order valence-electron chi connectivity index (χ0n) is 15.5. The van der Waals surface area contributed by atoms with Gasteiger partial charge in [0, 0.05) is 6.42 Å². The van der Waals surface area contributed by atoms with Crippen LogP contribution in [0.25, 0.3) is 0 Å². The number of amides is 1. The molecule has 140 valence electrons. The summed E-state index contributed by atoms with van der Waals surface area (Å²) >= 11 is 1.32. The zero-order chi connectivity index (χ0) is 19.2. The van der Waals surface area contributed by atoms with Gasteiger partial charge in [0.2, 0.25) is 11.1 Å². The van der Waals surface area contributed by atoms with E-state index in [1.54, 1.807) is 7.11 Å². The molecule has 0 saturated carbocycles. The van der Waals surface area contributed by atoms with Crippen LogP contribution in [0.15, 0.2) is 53.7 Å². The molecule has 0 saturated heterocycles. The Morgan fingerprint density at radius 1 is 1.26 bits per heavy atom. The lowest BCUT2D eigenvalue weighted by atomic mass is 10.1. The maximum atomic E-state index is 13.1. The lowest BCUT2D eigenvalue weighted by molar-refractivity contribution is -0.115. The summed E-state index contributed by atoms with van der Waals surface area (Å²) in [6.45, 7) is 3.97. The Hall–Kier alpha value is -2.80. The molecule has 0 bridgehead atoms. The highest BCUT2D eigenvalue weighted by Crippen LogP contribution is 2.35. The minimum atomic E-state index is -0.489. The van der Waals surface area contributed by atoms with Crippen molar-refractivity contribution < 1.29 is 9.53 Å². The molecule has 1 atom stereocenters. The largest absolute Gasteiger partial charge is 0.495 e. The topological polar surface area (TPSA) is 79.9 Å². The van der Waals surface area contributed by atoms with E-state index in [0.717, 1.165) is 23.4 Å². The molecule has 1 heterocycles. The van der Waals surface area contributed by atoms with Crippen LogP contribution < -0.4 is 10.1 Å². The summed E-state index contributed by atoms with van der Waals surface area (Å²) in [5.74, 6) is 1.26. The summed E-state index contributed by atoms with van der Waals surface area (Å²) in [6.07, 6.45) is 0.760. The van der Waals surface area contributed by atoms with Crippen LogP contribution in [-0.4, -0.2) is 28.2 Å². The number of nitrogens with zero attached hydrogens (tertiary/aromatic N) is 2. The van der Waals surface area contributed by atoms with Crippen molar-refractivity contribution in [1.82, 2.24) is 15.2 Å². The highest BCUT2D eigenvalue weighted by atomic mass is 32.2. The quantitative estimate of drug-likeness (QED) is 0.600. The highest BCUT2D eigenvalue weighted by molar-refractivity contribution is 8.00. The SMILES string of the molecule is CCc1nc(S[C@H](C(=O)Nc2cc(C)ccc2OC)c2ccccc2)n[nH]1. The van der Waals surface area contributed by atoms with Crippen LogP contribution in [0.3, 0.4) is 0 Å². The van der Waals surface area contributed by atoms with Gasteiger partial charge in [0.25, 0.3) is 0 Å². The van der Waals surface area contributed by atoms with E-state index in [-0.39, 0.29) is 5.91 Å². The van der Waals surface area contributed by atoms with Gasteiger partial charge < -0.3 is 10.1 Å². The van der Waals surface area contributed by atoms with Crippen LogP contribution in [-0.2, 0) is 11.2 Å². The van der Waals surface area contributed by atoms with Crippen molar-refractivity contribution in [3.8, 4) is 5.75 Å². The van der Waals surface area contributed by atoms with Gasteiger partial charge in [-0.1, -0.05) is 55.1 Å². The van der Waals surface area contributed by atoms with E-state index < -0.39 is 5.25 Å². The average molecular weight is 382 g/mol. The standard InChI is InChI=1S/C20H22N4O2S/c1-4-17-22-20(24-23-17)27-18(14-8-6-5-7-9-14)19(25)21-15-12-13(2)10-11-16(15)26-3/h5-12,18H,4H2,1-3H3,(H,21,25)(H,22,23,24)/t18-/m0/s1. The van der Waals surface area contributed by atoms with E-state index >= 15 is 0 Å². The molecule has 0 aliphatic carbocycles. The Morgan fingerprint density at radius 2 is 2.04 bits per heavy atom. The van der Waals surface area contributed by atoms with Gasteiger partial charge in [0.05, 0.1) is 12.8 Å². The minimum Gasteiger partial charge on any atom is -0.495 e. The van der Waals surface area contributed by atoms with Gasteiger partial charge in [-0.05, 0) is 30.2 Å². The van der Waals surface area contributed by atoms with Crippen LogP contribution in [0.4, 0.5) is 5.69 Å². The Balaban J connectivity index is 1.88. The van der Waals surface area contributed by atoms with Crippen LogP contribution in [0.5, 0.6) is 5.75 Å². The second-order valence-corrected chi connectivity index (χ2v) is 7.09. The predicted octanol–water partition coefficient (Wildman–Crippen LogP) is 4.16. The van der Waals surface area contributed by atoms with E-state index in [1.165, 1.54) is 11.8 Å². The molecule has 0 radical (unpaired) electrons. The second kappa shape index (κ2) is 8.73. The van der Waals surface area contributed by atoms with E-state index in [2.05, 4.69) is 20.5 Å². The molecule has 0 aliphatic heterocycles. The number of carbonyl (C=O) groups is 1. The van der Waals surface area contributed by atoms with Crippen molar-refractivity contribution in [3.63, 3.8) is 0 Å². The van der Waals surface area contributed by atoms with Crippen LogP contribution in [0, 0.1) is 6.92 Å². The second-order valence-electron chi connectivity index (χ2n) is 6.02. The number of aromatic nitrogens is 3. The lowest BCUT2D eigenvalue weighted by Gasteiger charge is -2.17. The van der Waals surface area contributed by atoms with Gasteiger partial charge in [-0.2, -0.15) is 0 Å². The van der Waals surface area contributed by atoms with E-state index in [9.17, 15) is 4.79 Å². The number of benzene rings is 2. The third-order valence-corrected chi connectivity index (χ3v) is 5.14. The number of carbonyl (C=O) groups excluding carboxylic acids is 1. The zero-order valence-corrected chi connectivity index (χ0v) is 16.3. The number of H-pyrrole nitrogens is 1. The number of thioether (sulfide) groups is 1. The monoisotopic (exact) mass is 382 g/mol. The van der Waals surface area contributed by atoms with Gasteiger partial charge in [-0.3, -0.25) is 9.89 Å². The minimum absolute atomic E-state index is 0.155. The predicted molar refractivity (Wildman–Crippen MR) is 107 cm³/mol. The van der Waals surface area contributed by atoms with Gasteiger partial charge in [0.1, 0.15) is 16.8 Å². The third-order valence-electron chi connectivity index (χ3n) is 4.02. The molecular formula is C20H22N4O2S. The summed E-state index contributed by atoms with van der Waals surface area (Å²) in [5, 5.41) is 10.2. The molecular weight excluding hydrogens is 360 g/mol. The first-order chi connectivity index (χ1) is 13.1. The van der Waals surface area contributed by atoms with Crippen LogP contribution in [0.1, 0.15) is 29.1 Å². The first-order valence-corrected chi connectivity index (χ1v) is 9.57. The van der Waals surface area contributed by atoms with Crippen molar-refractivity contribution in [2.75, 3.05) is 12.4 Å². The van der Waals surface area contributed by atoms with Gasteiger partial charge in [0.15, 0.2) is 0 Å². The fraction of sp³-hybridized carbons (Fsp3) is 0.250. The molecule has 0 fully saturated rings. The molecule has 0 aliphatic rings. The number of ether oxygens (including phenoxy) is 1. The number of aromatic amines is 1. The Morgan fingerprint density at radius 3 is 2.70 bits per heavy atom. The summed E-state index contributed by atoms with van der Waals surface area (Å²) < 4.78 is 5.37. The number of anilines is 1. The van der Waals surface area contributed by atoms with Gasteiger partial charge in [-0.15, -0.1) is 5.10 Å². The molecule has 2 aromatic carbocycles. The Kier molecular flexibility index (Phi) is 6.13. The summed E-state index contributed by atoms with van der Waals surface area (Å²) in [5.41, 5.74) is 2.57. The number of hydrogen-bond acceptors (Lipinski definition) is 5. The summed E-state index contributed by atoms with van der Waals surface area (Å²) in [4.78, 5) is 17.5. The Bertz CT molecular complexity index is 911. The van der Waals surface area contributed by atoms with Crippen LogP contribution in [0.2, 0.25) is 0 Å². The molecule has 0 unspecified atom stereocenters. The molecule has 2 N–H and O–H groups in total. The van der Waals surface area contributed by atoms with Crippen molar-refractivity contribution >= 4 is 23.4 Å². The van der Waals surface area contributed by atoms with E-state index in [0.29, 0.717) is 16.6 Å². The van der Waals surface area contributed by atoms with Crippen molar-refractivity contribution in [1.29, 1.82) is 0 Å². The highest BCUT2D eigenvalue weighted by Gasteiger charge is 2.25. The fourth-order valence-corrected chi connectivity index (χ4v) is 3.54. The average Bonchev–Trinajstić information content (AvgIpc) is 3.15. The van der Waals surface area contributed by atoms with Gasteiger partial charge >= 0.3 is 0 Å². The van der Waals surface area contributed by atoms with E-state index in [1.807, 2.05) is 62.4 Å². The van der Waals surface area contributed by atoms with Crippen molar-refractivity contribution in [2.24, 2.45) is 0 Å². The summed E-state index contributed by atoms with van der Waals surface area (Å²) in [7, 11) is 1.59. The molecule has 6 nitrogen and oxygen atoms in total. The molecule has 1 amide bonds. The van der Waals surface area contributed by atoms with Crippen molar-refractivity contribution in [3.05, 3.63) is 65.5 Å². The normalized spacial score (nSPS) is 11.8. The first-order valence-electron chi connectivity index (χ1n) is 8.69. The molecule has 27 heavy (non-hydrogen) atoms. The Labute approximate surface area is 162 Å². The fourth-order valence-electron chi connectivity index (χ4n) is 2.61. The van der Waals surface area contributed by atoms with Gasteiger partial charge in [-0.25, -0.2) is 4.98 Å². The maximum absolute atomic E-state index is 13.1. The number of rotatable bonds is 7. The number of methoxy groups -OCH3 is 1. The maximum Gasteiger partial charge on any atom is 0.242 e. The van der Waals surface area contributed by atoms with Crippen LogP contribution >= 0.6 is 11.8 Å². The lowest BCUT2D eigenvalue weighted by Crippen LogP contribution is -2.19. The number of hydrogen-bond donors (Lipinski definition) is 2. The third kappa shape index (κ3) is 4.68. The summed E-state index contributed by atoms with van der Waals surface area (Å²) in [6, 6.07) is 15.3. The number of aryl methyl sites for hydroxylation is 2. The molecule has 1 aromatic heterocycles. The first kappa shape index (κ1) is 19.0. The molecule has 7 heteroatoms. The molecule has 3 rings (SSSR count). The number of nitrogens with one attached hydrogen (secondary N) is 2. The molecule has 0 spiro atoms.